The lowest BCUT2D eigenvalue weighted by Crippen LogP contribution is -2.30. The van der Waals surface area contributed by atoms with Gasteiger partial charge in [0, 0.05) is 24.2 Å². The summed E-state index contributed by atoms with van der Waals surface area (Å²) in [5, 5.41) is 2.69. The van der Waals surface area contributed by atoms with Crippen LogP contribution in [0, 0.1) is 0 Å². The third-order valence-corrected chi connectivity index (χ3v) is 6.08. The number of anilines is 1. The van der Waals surface area contributed by atoms with E-state index in [9.17, 15) is 18.0 Å². The Morgan fingerprint density at radius 2 is 1.54 bits per heavy atom. The Morgan fingerprint density at radius 3 is 2.08 bits per heavy atom. The average Bonchev–Trinajstić information content (AvgIpc) is 2.63. The van der Waals surface area contributed by atoms with Crippen LogP contribution < -0.4 is 5.32 Å². The van der Waals surface area contributed by atoms with Crippen LogP contribution in [0.3, 0.4) is 0 Å². The molecule has 0 saturated heterocycles. The second-order valence-corrected chi connectivity index (χ2v) is 7.61. The van der Waals surface area contributed by atoms with E-state index in [0.29, 0.717) is 29.9 Å². The number of nitrogens with zero attached hydrogens (tertiary/aromatic N) is 1. The van der Waals surface area contributed by atoms with Crippen LogP contribution in [0.25, 0.3) is 0 Å². The molecule has 1 N–H and O–H groups in total. The number of amides is 1. The highest BCUT2D eigenvalue weighted by Crippen LogP contribution is 2.19. The summed E-state index contributed by atoms with van der Waals surface area (Å²) in [6, 6.07) is 12.5. The predicted molar refractivity (Wildman–Crippen MR) is 101 cm³/mol. The van der Waals surface area contributed by atoms with Gasteiger partial charge in [-0.2, -0.15) is 4.31 Å². The molecule has 0 aliphatic carbocycles. The molecule has 0 spiro atoms. The Kier molecular flexibility index (Phi) is 6.28. The summed E-state index contributed by atoms with van der Waals surface area (Å²) in [6.07, 6.45) is 0. The van der Waals surface area contributed by atoms with Gasteiger partial charge in [0.2, 0.25) is 10.0 Å². The summed E-state index contributed by atoms with van der Waals surface area (Å²) in [6.45, 7) is 5.73. The van der Waals surface area contributed by atoms with Crippen molar-refractivity contribution >= 4 is 27.4 Å². The molecule has 0 saturated carbocycles. The summed E-state index contributed by atoms with van der Waals surface area (Å²) in [4.78, 5) is 24.2. The minimum absolute atomic E-state index is 0.141. The topological polar surface area (TPSA) is 83.6 Å². The molecule has 0 radical (unpaired) electrons. The molecule has 26 heavy (non-hydrogen) atoms. The SMILES string of the molecule is CCN(CC)S(=O)(=O)c1ccc(C(=O)Nc2ccccc2C(C)=O)cc1. The van der Waals surface area contributed by atoms with Gasteiger partial charge < -0.3 is 5.32 Å². The first-order valence-corrected chi connectivity index (χ1v) is 9.76. The normalized spacial score (nSPS) is 11.4. The number of carbonyl (C=O) groups is 2. The standard InChI is InChI=1S/C19H22N2O4S/c1-4-21(5-2)26(24,25)16-12-10-15(11-13-16)19(23)20-18-9-7-6-8-17(18)14(3)22/h6-13H,4-5H2,1-3H3,(H,20,23). The second kappa shape index (κ2) is 8.25. The highest BCUT2D eigenvalue weighted by molar-refractivity contribution is 7.89. The summed E-state index contributed by atoms with van der Waals surface area (Å²) >= 11 is 0. The maximum atomic E-state index is 12.5. The number of Topliss-reactive ketones (excluding diaryl/α,β-unsaturated/α-hetero) is 1. The maximum Gasteiger partial charge on any atom is 0.255 e. The molecule has 0 atom stereocenters. The van der Waals surface area contributed by atoms with Crippen LogP contribution in [0.4, 0.5) is 5.69 Å². The molecular formula is C19H22N2O4S. The van der Waals surface area contributed by atoms with Gasteiger partial charge in [0.25, 0.3) is 5.91 Å². The molecule has 138 valence electrons. The third-order valence-electron chi connectivity index (χ3n) is 4.01. The van der Waals surface area contributed by atoms with Crippen LogP contribution in [0.1, 0.15) is 41.5 Å². The fourth-order valence-corrected chi connectivity index (χ4v) is 4.04. The van der Waals surface area contributed by atoms with Gasteiger partial charge in [-0.25, -0.2) is 8.42 Å². The Balaban J connectivity index is 2.24. The minimum Gasteiger partial charge on any atom is -0.321 e. The number of hydrogen-bond acceptors (Lipinski definition) is 4. The summed E-state index contributed by atoms with van der Waals surface area (Å²) in [7, 11) is -3.56. The number of ketones is 1. The average molecular weight is 374 g/mol. The van der Waals surface area contributed by atoms with Gasteiger partial charge in [-0.15, -0.1) is 0 Å². The zero-order valence-electron chi connectivity index (χ0n) is 15.0. The van der Waals surface area contributed by atoms with Crippen molar-refractivity contribution in [3.05, 3.63) is 59.7 Å². The van der Waals surface area contributed by atoms with Crippen molar-refractivity contribution in [1.29, 1.82) is 0 Å². The van der Waals surface area contributed by atoms with Crippen LogP contribution in [0.15, 0.2) is 53.4 Å². The van der Waals surface area contributed by atoms with Gasteiger partial charge in [0.15, 0.2) is 5.78 Å². The van der Waals surface area contributed by atoms with Crippen molar-refractivity contribution in [3.8, 4) is 0 Å². The maximum absolute atomic E-state index is 12.5. The van der Waals surface area contributed by atoms with E-state index >= 15 is 0 Å². The van der Waals surface area contributed by atoms with E-state index in [4.69, 9.17) is 0 Å². The molecule has 0 aromatic heterocycles. The molecule has 0 aliphatic heterocycles. The van der Waals surface area contributed by atoms with Gasteiger partial charge in [-0.1, -0.05) is 26.0 Å². The Morgan fingerprint density at radius 1 is 0.962 bits per heavy atom. The number of benzene rings is 2. The number of sulfonamides is 1. The second-order valence-electron chi connectivity index (χ2n) is 5.67. The lowest BCUT2D eigenvalue weighted by molar-refractivity contribution is 0.101. The summed E-state index contributed by atoms with van der Waals surface area (Å²) in [5.74, 6) is -0.563. The Hall–Kier alpha value is -2.51. The molecule has 0 heterocycles. The van der Waals surface area contributed by atoms with Crippen molar-refractivity contribution < 1.29 is 18.0 Å². The molecule has 7 heteroatoms. The molecule has 0 fully saturated rings. The van der Waals surface area contributed by atoms with Gasteiger partial charge in [-0.3, -0.25) is 9.59 Å². The molecular weight excluding hydrogens is 352 g/mol. The van der Waals surface area contributed by atoms with Gasteiger partial charge >= 0.3 is 0 Å². The van der Waals surface area contributed by atoms with E-state index in [1.54, 1.807) is 38.1 Å². The number of para-hydroxylation sites is 1. The first-order chi connectivity index (χ1) is 12.3. The molecule has 6 nitrogen and oxygen atoms in total. The molecule has 2 aromatic rings. The van der Waals surface area contributed by atoms with Crippen molar-refractivity contribution in [2.75, 3.05) is 18.4 Å². The quantitative estimate of drug-likeness (QED) is 0.755. The van der Waals surface area contributed by atoms with Gasteiger partial charge in [0.05, 0.1) is 10.6 Å². The van der Waals surface area contributed by atoms with Crippen LogP contribution in [-0.2, 0) is 10.0 Å². The summed E-state index contributed by atoms with van der Waals surface area (Å²) in [5.41, 5.74) is 1.15. The highest BCUT2D eigenvalue weighted by atomic mass is 32.2. The molecule has 1 amide bonds. The smallest absolute Gasteiger partial charge is 0.255 e. The fourth-order valence-electron chi connectivity index (χ4n) is 2.58. The summed E-state index contributed by atoms with van der Waals surface area (Å²) < 4.78 is 26.3. The lowest BCUT2D eigenvalue weighted by Gasteiger charge is -2.18. The molecule has 2 aromatic carbocycles. The fraction of sp³-hybridized carbons (Fsp3) is 0.263. The van der Waals surface area contributed by atoms with E-state index in [0.717, 1.165) is 0 Å². The number of nitrogens with one attached hydrogen (secondary N) is 1. The van der Waals surface area contributed by atoms with Crippen molar-refractivity contribution in [2.45, 2.75) is 25.7 Å². The first-order valence-electron chi connectivity index (χ1n) is 8.32. The molecule has 0 bridgehead atoms. The first kappa shape index (κ1) is 19.8. The Bertz CT molecular complexity index is 901. The van der Waals surface area contributed by atoms with Crippen molar-refractivity contribution in [3.63, 3.8) is 0 Å². The van der Waals surface area contributed by atoms with Crippen LogP contribution in [0.2, 0.25) is 0 Å². The van der Waals surface area contributed by atoms with Crippen LogP contribution in [0.5, 0.6) is 0 Å². The third kappa shape index (κ3) is 4.17. The van der Waals surface area contributed by atoms with E-state index in [-0.39, 0.29) is 10.7 Å². The zero-order valence-corrected chi connectivity index (χ0v) is 15.8. The van der Waals surface area contributed by atoms with Crippen molar-refractivity contribution in [1.82, 2.24) is 4.31 Å². The lowest BCUT2D eigenvalue weighted by atomic mass is 10.1. The monoisotopic (exact) mass is 374 g/mol. The van der Waals surface area contributed by atoms with Gasteiger partial charge in [-0.05, 0) is 43.3 Å². The number of carbonyl (C=O) groups excluding carboxylic acids is 2. The zero-order chi connectivity index (χ0) is 19.3. The minimum atomic E-state index is -3.56. The van der Waals surface area contributed by atoms with E-state index < -0.39 is 15.9 Å². The van der Waals surface area contributed by atoms with E-state index in [1.807, 2.05) is 0 Å². The van der Waals surface area contributed by atoms with Crippen LogP contribution >= 0.6 is 0 Å². The molecule has 0 unspecified atom stereocenters. The van der Waals surface area contributed by atoms with Crippen molar-refractivity contribution in [2.24, 2.45) is 0 Å². The van der Waals surface area contributed by atoms with Crippen LogP contribution in [-0.4, -0.2) is 37.5 Å². The Labute approximate surface area is 153 Å². The van der Waals surface area contributed by atoms with Gasteiger partial charge in [0.1, 0.15) is 0 Å². The number of hydrogen-bond donors (Lipinski definition) is 1. The largest absolute Gasteiger partial charge is 0.321 e. The number of rotatable bonds is 7. The van der Waals surface area contributed by atoms with E-state index in [1.165, 1.54) is 35.5 Å². The molecule has 0 aliphatic rings. The predicted octanol–water partition coefficient (Wildman–Crippen LogP) is 3.17. The highest BCUT2D eigenvalue weighted by Gasteiger charge is 2.21. The molecule has 2 rings (SSSR count). The van der Waals surface area contributed by atoms with E-state index in [2.05, 4.69) is 5.32 Å².